The Hall–Kier alpha value is -1.14. The molecule has 0 bridgehead atoms. The summed E-state index contributed by atoms with van der Waals surface area (Å²) in [6.45, 7) is 10.3. The summed E-state index contributed by atoms with van der Waals surface area (Å²) in [5.41, 5.74) is 0. The maximum absolute atomic E-state index is 12.4. The molecule has 0 aliphatic carbocycles. The number of hydrogen-bond acceptors (Lipinski definition) is 4. The minimum absolute atomic E-state index is 0.0885. The van der Waals surface area contributed by atoms with Gasteiger partial charge in [-0.25, -0.2) is 0 Å². The lowest BCUT2D eigenvalue weighted by Crippen LogP contribution is -2.55. The van der Waals surface area contributed by atoms with Crippen LogP contribution in [0.3, 0.4) is 0 Å². The number of nitrogens with one attached hydrogen (secondary N) is 2. The van der Waals surface area contributed by atoms with E-state index in [9.17, 15) is 9.59 Å². The van der Waals surface area contributed by atoms with E-state index in [1.807, 2.05) is 18.7 Å². The molecule has 2 aliphatic rings. The van der Waals surface area contributed by atoms with Gasteiger partial charge in [0.25, 0.3) is 0 Å². The third-order valence-electron chi connectivity index (χ3n) is 4.53. The molecule has 2 aliphatic heterocycles. The largest absolute Gasteiger partial charge is 0.355 e. The van der Waals surface area contributed by atoms with E-state index in [2.05, 4.69) is 15.5 Å². The first-order chi connectivity index (χ1) is 10.1. The van der Waals surface area contributed by atoms with E-state index < -0.39 is 0 Å². The molecular weight excluding hydrogens is 268 g/mol. The zero-order chi connectivity index (χ0) is 15.2. The van der Waals surface area contributed by atoms with Crippen LogP contribution in [-0.2, 0) is 9.59 Å². The summed E-state index contributed by atoms with van der Waals surface area (Å²) in [7, 11) is 0. The van der Waals surface area contributed by atoms with Crippen molar-refractivity contribution in [2.45, 2.75) is 20.3 Å². The molecule has 120 valence electrons. The fraction of sp³-hybridized carbons (Fsp3) is 0.867. The van der Waals surface area contributed by atoms with Gasteiger partial charge in [0.15, 0.2) is 0 Å². The summed E-state index contributed by atoms with van der Waals surface area (Å²) in [4.78, 5) is 28.2. The minimum atomic E-state index is 0.0885. The van der Waals surface area contributed by atoms with Crippen molar-refractivity contribution in [3.8, 4) is 0 Å². The molecule has 2 fully saturated rings. The molecule has 2 amide bonds. The van der Waals surface area contributed by atoms with E-state index in [0.717, 1.165) is 52.2 Å². The quantitative estimate of drug-likeness (QED) is 0.694. The lowest BCUT2D eigenvalue weighted by molar-refractivity contribution is -0.139. The van der Waals surface area contributed by atoms with Gasteiger partial charge in [-0.2, -0.15) is 0 Å². The summed E-state index contributed by atoms with van der Waals surface area (Å²) >= 11 is 0. The maximum atomic E-state index is 12.4. The second kappa shape index (κ2) is 7.75. The van der Waals surface area contributed by atoms with Crippen molar-refractivity contribution in [1.82, 2.24) is 20.4 Å². The molecular formula is C15H28N4O2. The molecule has 2 N–H and O–H groups in total. The average Bonchev–Trinajstić information content (AvgIpc) is 2.43. The SMILES string of the molecule is CCCNC(=O)CN1CCN(C(=O)C(C)C2CNC2)CC1. The Balaban J connectivity index is 1.70. The smallest absolute Gasteiger partial charge is 0.234 e. The van der Waals surface area contributed by atoms with E-state index in [-0.39, 0.29) is 17.7 Å². The summed E-state index contributed by atoms with van der Waals surface area (Å²) in [5.74, 6) is 0.975. The van der Waals surface area contributed by atoms with Crippen molar-refractivity contribution in [3.05, 3.63) is 0 Å². The molecule has 0 aromatic heterocycles. The zero-order valence-electron chi connectivity index (χ0n) is 13.2. The number of piperazine rings is 1. The van der Waals surface area contributed by atoms with Crippen LogP contribution < -0.4 is 10.6 Å². The summed E-state index contributed by atoms with van der Waals surface area (Å²) in [6, 6.07) is 0. The number of carbonyl (C=O) groups excluding carboxylic acids is 2. The highest BCUT2D eigenvalue weighted by Gasteiger charge is 2.32. The van der Waals surface area contributed by atoms with Gasteiger partial charge >= 0.3 is 0 Å². The van der Waals surface area contributed by atoms with Gasteiger partial charge in [0.05, 0.1) is 6.54 Å². The Morgan fingerprint density at radius 1 is 1.24 bits per heavy atom. The van der Waals surface area contributed by atoms with Crippen molar-refractivity contribution in [1.29, 1.82) is 0 Å². The highest BCUT2D eigenvalue weighted by molar-refractivity contribution is 5.79. The molecule has 0 radical (unpaired) electrons. The molecule has 1 atom stereocenters. The van der Waals surface area contributed by atoms with Gasteiger partial charge in [0.2, 0.25) is 11.8 Å². The molecule has 21 heavy (non-hydrogen) atoms. The fourth-order valence-electron chi connectivity index (χ4n) is 2.80. The first kappa shape index (κ1) is 16.2. The van der Waals surface area contributed by atoms with Crippen molar-refractivity contribution in [2.75, 3.05) is 52.4 Å². The molecule has 0 spiro atoms. The van der Waals surface area contributed by atoms with E-state index in [1.54, 1.807) is 0 Å². The molecule has 1 unspecified atom stereocenters. The molecule has 6 nitrogen and oxygen atoms in total. The second-order valence-electron chi connectivity index (χ2n) is 6.16. The summed E-state index contributed by atoms with van der Waals surface area (Å²) in [5, 5.41) is 6.12. The Kier molecular flexibility index (Phi) is 5.99. The molecule has 2 heterocycles. The maximum Gasteiger partial charge on any atom is 0.234 e. The highest BCUT2D eigenvalue weighted by Crippen LogP contribution is 2.19. The van der Waals surface area contributed by atoms with Gasteiger partial charge in [-0.1, -0.05) is 13.8 Å². The van der Waals surface area contributed by atoms with Crippen LogP contribution in [0.5, 0.6) is 0 Å². The van der Waals surface area contributed by atoms with Crippen molar-refractivity contribution < 1.29 is 9.59 Å². The van der Waals surface area contributed by atoms with Gasteiger partial charge in [-0.05, 0) is 25.4 Å². The number of carbonyl (C=O) groups is 2. The Morgan fingerprint density at radius 3 is 2.43 bits per heavy atom. The van der Waals surface area contributed by atoms with Crippen molar-refractivity contribution >= 4 is 11.8 Å². The van der Waals surface area contributed by atoms with Crippen LogP contribution in [0.2, 0.25) is 0 Å². The molecule has 2 saturated heterocycles. The third-order valence-corrected chi connectivity index (χ3v) is 4.53. The minimum Gasteiger partial charge on any atom is -0.355 e. The van der Waals surface area contributed by atoms with Gasteiger partial charge in [-0.15, -0.1) is 0 Å². The number of rotatable bonds is 6. The van der Waals surface area contributed by atoms with E-state index in [1.165, 1.54) is 0 Å². The predicted molar refractivity (Wildman–Crippen MR) is 81.8 cm³/mol. The lowest BCUT2D eigenvalue weighted by atomic mass is 9.88. The van der Waals surface area contributed by atoms with E-state index in [0.29, 0.717) is 12.5 Å². The van der Waals surface area contributed by atoms with Crippen LogP contribution >= 0.6 is 0 Å². The Morgan fingerprint density at radius 2 is 1.90 bits per heavy atom. The molecule has 0 aromatic carbocycles. The normalized spacial score (nSPS) is 21.7. The van der Waals surface area contributed by atoms with Crippen LogP contribution in [0.1, 0.15) is 20.3 Å². The first-order valence-corrected chi connectivity index (χ1v) is 8.10. The Bertz CT molecular complexity index is 363. The zero-order valence-corrected chi connectivity index (χ0v) is 13.2. The predicted octanol–water partition coefficient (Wildman–Crippen LogP) is -0.488. The molecule has 2 rings (SSSR count). The van der Waals surface area contributed by atoms with Crippen molar-refractivity contribution in [3.63, 3.8) is 0 Å². The van der Waals surface area contributed by atoms with Crippen LogP contribution in [0, 0.1) is 11.8 Å². The first-order valence-electron chi connectivity index (χ1n) is 8.10. The van der Waals surface area contributed by atoms with Crippen LogP contribution in [-0.4, -0.2) is 74.0 Å². The van der Waals surface area contributed by atoms with Crippen molar-refractivity contribution in [2.24, 2.45) is 11.8 Å². The van der Waals surface area contributed by atoms with Gasteiger partial charge in [-0.3, -0.25) is 14.5 Å². The molecule has 6 heteroatoms. The van der Waals surface area contributed by atoms with Crippen LogP contribution in [0.25, 0.3) is 0 Å². The summed E-state index contributed by atoms with van der Waals surface area (Å²) < 4.78 is 0. The topological polar surface area (TPSA) is 64.7 Å². The summed E-state index contributed by atoms with van der Waals surface area (Å²) in [6.07, 6.45) is 0.960. The highest BCUT2D eigenvalue weighted by atomic mass is 16.2. The molecule has 0 saturated carbocycles. The number of amides is 2. The number of nitrogens with zero attached hydrogens (tertiary/aromatic N) is 2. The van der Waals surface area contributed by atoms with Crippen LogP contribution in [0.15, 0.2) is 0 Å². The average molecular weight is 296 g/mol. The lowest BCUT2D eigenvalue weighted by Gasteiger charge is -2.39. The van der Waals surface area contributed by atoms with Gasteiger partial charge in [0.1, 0.15) is 0 Å². The number of hydrogen-bond donors (Lipinski definition) is 2. The molecule has 0 aromatic rings. The van der Waals surface area contributed by atoms with E-state index >= 15 is 0 Å². The third kappa shape index (κ3) is 4.41. The van der Waals surface area contributed by atoms with Crippen LogP contribution in [0.4, 0.5) is 0 Å². The monoisotopic (exact) mass is 296 g/mol. The standard InChI is InChI=1S/C15H28N4O2/c1-3-4-17-14(20)11-18-5-7-19(8-6-18)15(21)12(2)13-9-16-10-13/h12-13,16H,3-11H2,1-2H3,(H,17,20). The van der Waals surface area contributed by atoms with E-state index in [4.69, 9.17) is 0 Å². The van der Waals surface area contributed by atoms with Gasteiger partial charge in [0, 0.05) is 38.6 Å². The Labute approximate surface area is 127 Å². The van der Waals surface area contributed by atoms with Gasteiger partial charge < -0.3 is 15.5 Å². The fourth-order valence-corrected chi connectivity index (χ4v) is 2.80. The second-order valence-corrected chi connectivity index (χ2v) is 6.16.